The van der Waals surface area contributed by atoms with Gasteiger partial charge < -0.3 is 0 Å². The van der Waals surface area contributed by atoms with Crippen LogP contribution >= 0.6 is 0 Å². The molecule has 0 aliphatic heterocycles. The van der Waals surface area contributed by atoms with Gasteiger partial charge in [-0.05, 0) is 25.8 Å². The molecule has 0 aliphatic rings. The van der Waals surface area contributed by atoms with Crippen molar-refractivity contribution in [2.75, 3.05) is 0 Å². The molecule has 1 rings (SSSR count). The average molecular weight is 180 g/mol. The highest BCUT2D eigenvalue weighted by atomic mass is 16.1. The molecule has 3 nitrogen and oxygen atoms in total. The molecule has 0 unspecified atom stereocenters. The van der Waals surface area contributed by atoms with Crippen LogP contribution < -0.4 is 0 Å². The molecule has 0 radical (unpaired) electrons. The quantitative estimate of drug-likeness (QED) is 0.669. The van der Waals surface area contributed by atoms with Gasteiger partial charge in [0.05, 0.1) is 0 Å². The summed E-state index contributed by atoms with van der Waals surface area (Å²) in [5, 5.41) is 4.20. The van der Waals surface area contributed by atoms with Gasteiger partial charge in [0.25, 0.3) is 0 Å². The van der Waals surface area contributed by atoms with E-state index in [9.17, 15) is 4.79 Å². The van der Waals surface area contributed by atoms with E-state index in [1.165, 1.54) is 0 Å². The van der Waals surface area contributed by atoms with Crippen molar-refractivity contribution in [1.82, 2.24) is 9.78 Å². The Bertz CT molecular complexity index is 274. The molecule has 1 aromatic rings. The summed E-state index contributed by atoms with van der Waals surface area (Å²) < 4.78 is 1.91. The molecule has 13 heavy (non-hydrogen) atoms. The van der Waals surface area contributed by atoms with E-state index < -0.39 is 0 Å². The second-order valence-corrected chi connectivity index (χ2v) is 3.80. The van der Waals surface area contributed by atoms with Gasteiger partial charge in [-0.1, -0.05) is 13.8 Å². The number of aldehydes is 1. The fourth-order valence-electron chi connectivity index (χ4n) is 1.33. The molecular formula is C10H16N2O. The van der Waals surface area contributed by atoms with E-state index in [-0.39, 0.29) is 0 Å². The van der Waals surface area contributed by atoms with Crippen LogP contribution in [0.1, 0.15) is 55.8 Å². The van der Waals surface area contributed by atoms with Crippen LogP contribution in [0.2, 0.25) is 0 Å². The molecule has 3 heteroatoms. The molecule has 0 aromatic carbocycles. The number of hydrogen-bond donors (Lipinski definition) is 0. The molecule has 0 N–H and O–H groups in total. The van der Waals surface area contributed by atoms with Gasteiger partial charge in [0.2, 0.25) is 0 Å². The van der Waals surface area contributed by atoms with Crippen LogP contribution in [-0.4, -0.2) is 16.1 Å². The molecule has 1 heterocycles. The Kier molecular flexibility index (Phi) is 2.86. The van der Waals surface area contributed by atoms with Gasteiger partial charge in [0, 0.05) is 11.7 Å². The Balaban J connectivity index is 3.15. The molecule has 0 saturated carbocycles. The lowest BCUT2D eigenvalue weighted by atomic mass is 10.1. The van der Waals surface area contributed by atoms with Crippen LogP contribution in [0, 0.1) is 0 Å². The largest absolute Gasteiger partial charge is 0.296 e. The normalized spacial score (nSPS) is 11.2. The number of rotatable bonds is 3. The zero-order valence-electron chi connectivity index (χ0n) is 8.61. The zero-order valence-corrected chi connectivity index (χ0v) is 8.61. The fraction of sp³-hybridized carbons (Fsp3) is 0.600. The van der Waals surface area contributed by atoms with E-state index >= 15 is 0 Å². The predicted molar refractivity (Wildman–Crippen MR) is 52.1 cm³/mol. The van der Waals surface area contributed by atoms with Crippen molar-refractivity contribution in [3.05, 3.63) is 17.5 Å². The van der Waals surface area contributed by atoms with Crippen LogP contribution in [-0.2, 0) is 0 Å². The van der Waals surface area contributed by atoms with Gasteiger partial charge >= 0.3 is 0 Å². The summed E-state index contributed by atoms with van der Waals surface area (Å²) >= 11 is 0. The predicted octanol–water partition coefficient (Wildman–Crippen LogP) is 2.40. The van der Waals surface area contributed by atoms with E-state index in [1.54, 1.807) is 0 Å². The highest BCUT2D eigenvalue weighted by molar-refractivity contribution is 5.71. The van der Waals surface area contributed by atoms with Crippen molar-refractivity contribution < 1.29 is 4.79 Å². The number of carbonyl (C=O) groups excluding carboxylic acids is 1. The Morgan fingerprint density at radius 1 is 1.38 bits per heavy atom. The fourth-order valence-corrected chi connectivity index (χ4v) is 1.33. The second kappa shape index (κ2) is 3.73. The third-order valence-electron chi connectivity index (χ3n) is 1.98. The van der Waals surface area contributed by atoms with Gasteiger partial charge in [-0.15, -0.1) is 0 Å². The first-order valence-electron chi connectivity index (χ1n) is 4.61. The van der Waals surface area contributed by atoms with Crippen LogP contribution in [0.3, 0.4) is 0 Å². The first kappa shape index (κ1) is 9.96. The molecule has 0 fully saturated rings. The van der Waals surface area contributed by atoms with E-state index in [2.05, 4.69) is 32.8 Å². The molecule has 0 saturated heterocycles. The number of nitrogens with zero attached hydrogens (tertiary/aromatic N) is 2. The molecule has 1 aromatic heterocycles. The van der Waals surface area contributed by atoms with Crippen molar-refractivity contribution in [3.63, 3.8) is 0 Å². The molecule has 0 spiro atoms. The summed E-state index contributed by atoms with van der Waals surface area (Å²) in [5.74, 6) is 0.406. The minimum absolute atomic E-state index is 0.311. The van der Waals surface area contributed by atoms with Gasteiger partial charge in [-0.25, -0.2) is 0 Å². The lowest BCUT2D eigenvalue weighted by Gasteiger charge is -2.12. The minimum Gasteiger partial charge on any atom is -0.296 e. The number of hydrogen-bond acceptors (Lipinski definition) is 2. The Hall–Kier alpha value is -1.12. The smallest absolute Gasteiger partial charge is 0.170 e. The maximum Gasteiger partial charge on any atom is 0.170 e. The van der Waals surface area contributed by atoms with Crippen molar-refractivity contribution in [3.8, 4) is 0 Å². The maximum atomic E-state index is 10.5. The summed E-state index contributed by atoms with van der Waals surface area (Å²) in [6.45, 7) is 8.33. The van der Waals surface area contributed by atoms with Gasteiger partial charge in [0.1, 0.15) is 5.69 Å². The van der Waals surface area contributed by atoms with Crippen LogP contribution in [0.5, 0.6) is 0 Å². The van der Waals surface area contributed by atoms with Crippen LogP contribution in [0.25, 0.3) is 0 Å². The molecule has 0 bridgehead atoms. The third-order valence-corrected chi connectivity index (χ3v) is 1.98. The molecule has 0 atom stereocenters. The summed E-state index contributed by atoms with van der Waals surface area (Å²) in [6.07, 6.45) is 0.796. The standard InChI is InChI=1S/C10H16N2O/c1-7(2)10-5-9(6-13)11-12(10)8(3)4/h5-8H,1-4H3. The van der Waals surface area contributed by atoms with Gasteiger partial charge in [0.15, 0.2) is 6.29 Å². The van der Waals surface area contributed by atoms with E-state index in [0.717, 1.165) is 12.0 Å². The first-order valence-corrected chi connectivity index (χ1v) is 4.61. The Morgan fingerprint density at radius 3 is 2.31 bits per heavy atom. The first-order chi connectivity index (χ1) is 6.06. The monoisotopic (exact) mass is 180 g/mol. The molecular weight excluding hydrogens is 164 g/mol. The molecule has 72 valence electrons. The lowest BCUT2D eigenvalue weighted by Crippen LogP contribution is -2.08. The topological polar surface area (TPSA) is 34.9 Å². The SMILES string of the molecule is CC(C)c1cc(C=O)nn1C(C)C. The van der Waals surface area contributed by atoms with Crippen LogP contribution in [0.15, 0.2) is 6.07 Å². The highest BCUT2D eigenvalue weighted by Gasteiger charge is 2.12. The average Bonchev–Trinajstić information content (AvgIpc) is 2.47. The van der Waals surface area contributed by atoms with Crippen molar-refractivity contribution in [1.29, 1.82) is 0 Å². The number of carbonyl (C=O) groups is 1. The van der Waals surface area contributed by atoms with Crippen molar-refractivity contribution >= 4 is 6.29 Å². The summed E-state index contributed by atoms with van der Waals surface area (Å²) in [5.41, 5.74) is 1.65. The van der Waals surface area contributed by atoms with Crippen LogP contribution in [0.4, 0.5) is 0 Å². The van der Waals surface area contributed by atoms with Crippen molar-refractivity contribution in [2.45, 2.75) is 39.7 Å². The van der Waals surface area contributed by atoms with Gasteiger partial charge in [-0.3, -0.25) is 9.48 Å². The van der Waals surface area contributed by atoms with Gasteiger partial charge in [-0.2, -0.15) is 5.10 Å². The maximum absolute atomic E-state index is 10.5. The number of aromatic nitrogens is 2. The molecule has 0 amide bonds. The summed E-state index contributed by atoms with van der Waals surface area (Å²) in [4.78, 5) is 10.5. The van der Waals surface area contributed by atoms with Crippen molar-refractivity contribution in [2.24, 2.45) is 0 Å². The van der Waals surface area contributed by atoms with E-state index in [4.69, 9.17) is 0 Å². The Morgan fingerprint density at radius 2 is 2.00 bits per heavy atom. The Labute approximate surface area is 78.8 Å². The van der Waals surface area contributed by atoms with E-state index in [0.29, 0.717) is 17.7 Å². The van der Waals surface area contributed by atoms with E-state index in [1.807, 2.05) is 10.7 Å². The third kappa shape index (κ3) is 1.97. The minimum atomic E-state index is 0.311. The highest BCUT2D eigenvalue weighted by Crippen LogP contribution is 2.18. The second-order valence-electron chi connectivity index (χ2n) is 3.80. The zero-order chi connectivity index (χ0) is 10.0. The summed E-state index contributed by atoms with van der Waals surface area (Å²) in [7, 11) is 0. The molecule has 0 aliphatic carbocycles. The lowest BCUT2D eigenvalue weighted by molar-refractivity contribution is 0.111. The summed E-state index contributed by atoms with van der Waals surface area (Å²) in [6, 6.07) is 2.17.